The van der Waals surface area contributed by atoms with E-state index in [-0.39, 0.29) is 17.0 Å². The van der Waals surface area contributed by atoms with Gasteiger partial charge in [0.05, 0.1) is 33.4 Å². The number of benzene rings is 2. The summed E-state index contributed by atoms with van der Waals surface area (Å²) >= 11 is 5.96. The quantitative estimate of drug-likeness (QED) is 0.694. The number of esters is 1. The van der Waals surface area contributed by atoms with Gasteiger partial charge in [-0.3, -0.25) is 4.21 Å². The Morgan fingerprint density at radius 2 is 1.84 bits per heavy atom. The van der Waals surface area contributed by atoms with E-state index in [9.17, 15) is 17.8 Å². The molecule has 134 valence electrons. The summed E-state index contributed by atoms with van der Waals surface area (Å²) in [5, 5.41) is 0.124. The minimum absolute atomic E-state index is 0.106. The van der Waals surface area contributed by atoms with Gasteiger partial charge in [-0.15, -0.1) is 0 Å². The van der Waals surface area contributed by atoms with Crippen molar-refractivity contribution in [3.63, 3.8) is 0 Å². The zero-order valence-electron chi connectivity index (χ0n) is 13.8. The van der Waals surface area contributed by atoms with Crippen LogP contribution in [0, 0.1) is 11.6 Å². The number of rotatable bonds is 6. The van der Waals surface area contributed by atoms with E-state index in [0.717, 1.165) is 12.1 Å². The number of carbonyl (C=O) groups is 1. The van der Waals surface area contributed by atoms with Gasteiger partial charge in [0.2, 0.25) is 0 Å². The topological polar surface area (TPSA) is 43.4 Å². The lowest BCUT2D eigenvalue weighted by Gasteiger charge is -2.11. The highest BCUT2D eigenvalue weighted by atomic mass is 35.5. The fourth-order valence-electron chi connectivity index (χ4n) is 2.43. The summed E-state index contributed by atoms with van der Waals surface area (Å²) in [5.41, 5.74) is 0.983. The number of halogens is 3. The van der Waals surface area contributed by atoms with Crippen LogP contribution in [-0.2, 0) is 28.4 Å². The first-order chi connectivity index (χ1) is 11.9. The van der Waals surface area contributed by atoms with Gasteiger partial charge in [-0.25, -0.2) is 13.6 Å². The molecule has 1 atom stereocenters. The van der Waals surface area contributed by atoms with Crippen LogP contribution in [0.5, 0.6) is 0 Å². The summed E-state index contributed by atoms with van der Waals surface area (Å²) in [6.07, 6.45) is 0.536. The number of ether oxygens (including phenoxy) is 1. The molecule has 2 rings (SSSR count). The number of carbonyl (C=O) groups excluding carboxylic acids is 1. The van der Waals surface area contributed by atoms with Crippen molar-refractivity contribution in [2.45, 2.75) is 24.7 Å². The maximum atomic E-state index is 14.2. The molecule has 2 aromatic carbocycles. The van der Waals surface area contributed by atoms with Crippen LogP contribution in [0.2, 0.25) is 5.02 Å². The molecule has 0 heterocycles. The Labute approximate surface area is 152 Å². The molecule has 1 unspecified atom stereocenters. The standard InChI is InChI=1S/C18H17ClF2O3S/c1-3-25(23)17-8-12(16(21)10-15(17)19)5-4-11-6-7-13(20)9-14(11)18(22)24-2/h6-10H,3-5H2,1-2H3. The second kappa shape index (κ2) is 8.54. The van der Waals surface area contributed by atoms with Gasteiger partial charge >= 0.3 is 5.97 Å². The minimum atomic E-state index is -1.31. The molecular formula is C18H17ClF2O3S. The van der Waals surface area contributed by atoms with Crippen molar-refractivity contribution in [3.05, 3.63) is 63.7 Å². The molecular weight excluding hydrogens is 370 g/mol. The van der Waals surface area contributed by atoms with Crippen LogP contribution in [0.15, 0.2) is 35.2 Å². The first kappa shape index (κ1) is 19.5. The lowest BCUT2D eigenvalue weighted by molar-refractivity contribution is 0.0599. The molecule has 0 saturated heterocycles. The van der Waals surface area contributed by atoms with Crippen LogP contribution < -0.4 is 0 Å². The van der Waals surface area contributed by atoms with E-state index >= 15 is 0 Å². The van der Waals surface area contributed by atoms with Crippen molar-refractivity contribution in [3.8, 4) is 0 Å². The third-order valence-corrected chi connectivity index (χ3v) is 5.53. The molecule has 0 radical (unpaired) electrons. The van der Waals surface area contributed by atoms with Crippen molar-refractivity contribution in [2.24, 2.45) is 0 Å². The van der Waals surface area contributed by atoms with Crippen molar-refractivity contribution in [1.82, 2.24) is 0 Å². The van der Waals surface area contributed by atoms with Crippen molar-refractivity contribution in [1.29, 1.82) is 0 Å². The van der Waals surface area contributed by atoms with Crippen LogP contribution >= 0.6 is 11.6 Å². The second-order valence-corrected chi connectivity index (χ2v) is 7.42. The fourth-order valence-corrected chi connectivity index (χ4v) is 3.70. The van der Waals surface area contributed by atoms with Gasteiger partial charge < -0.3 is 4.74 Å². The molecule has 0 spiro atoms. The maximum Gasteiger partial charge on any atom is 0.338 e. The Bertz CT molecular complexity index is 824. The van der Waals surface area contributed by atoms with Gasteiger partial charge in [0.1, 0.15) is 11.6 Å². The Kier molecular flexibility index (Phi) is 6.67. The van der Waals surface area contributed by atoms with Gasteiger partial charge in [0.25, 0.3) is 0 Å². The predicted octanol–water partition coefficient (Wildman–Crippen LogP) is 4.32. The zero-order chi connectivity index (χ0) is 18.6. The van der Waals surface area contributed by atoms with Crippen LogP contribution in [0.25, 0.3) is 0 Å². The van der Waals surface area contributed by atoms with E-state index in [1.54, 1.807) is 6.92 Å². The highest BCUT2D eigenvalue weighted by Crippen LogP contribution is 2.25. The Morgan fingerprint density at radius 1 is 1.16 bits per heavy atom. The molecule has 0 saturated carbocycles. The van der Waals surface area contributed by atoms with E-state index in [1.165, 1.54) is 25.3 Å². The largest absolute Gasteiger partial charge is 0.465 e. The number of hydrogen-bond acceptors (Lipinski definition) is 3. The summed E-state index contributed by atoms with van der Waals surface area (Å²) in [5.74, 6) is -1.35. The lowest BCUT2D eigenvalue weighted by atomic mass is 9.99. The molecule has 0 aliphatic rings. The van der Waals surface area contributed by atoms with Gasteiger partial charge in [-0.1, -0.05) is 24.6 Å². The monoisotopic (exact) mass is 386 g/mol. The summed E-state index contributed by atoms with van der Waals surface area (Å²) in [4.78, 5) is 12.2. The zero-order valence-corrected chi connectivity index (χ0v) is 15.3. The summed E-state index contributed by atoms with van der Waals surface area (Å²) in [6, 6.07) is 6.43. The van der Waals surface area contributed by atoms with Gasteiger partial charge in [0.15, 0.2) is 0 Å². The molecule has 0 aliphatic heterocycles. The third kappa shape index (κ3) is 4.64. The van der Waals surface area contributed by atoms with Gasteiger partial charge in [0, 0.05) is 5.75 Å². The van der Waals surface area contributed by atoms with E-state index < -0.39 is 28.4 Å². The Hall–Kier alpha value is -1.79. The summed E-state index contributed by atoms with van der Waals surface area (Å²) in [6.45, 7) is 1.75. The number of methoxy groups -OCH3 is 1. The predicted molar refractivity (Wildman–Crippen MR) is 93.5 cm³/mol. The lowest BCUT2D eigenvalue weighted by Crippen LogP contribution is -2.08. The molecule has 2 aromatic rings. The third-order valence-electron chi connectivity index (χ3n) is 3.75. The molecule has 25 heavy (non-hydrogen) atoms. The van der Waals surface area contributed by atoms with Crippen LogP contribution in [0.3, 0.4) is 0 Å². The first-order valence-electron chi connectivity index (χ1n) is 7.60. The molecule has 0 aromatic heterocycles. The molecule has 0 aliphatic carbocycles. The normalized spacial score (nSPS) is 12.0. The molecule has 7 heteroatoms. The van der Waals surface area contributed by atoms with E-state index in [1.807, 2.05) is 0 Å². The number of aryl methyl sites for hydroxylation is 2. The van der Waals surface area contributed by atoms with E-state index in [2.05, 4.69) is 4.74 Å². The van der Waals surface area contributed by atoms with Gasteiger partial charge in [-0.2, -0.15) is 0 Å². The highest BCUT2D eigenvalue weighted by molar-refractivity contribution is 7.85. The van der Waals surface area contributed by atoms with Crippen molar-refractivity contribution < 1.29 is 22.5 Å². The van der Waals surface area contributed by atoms with Gasteiger partial charge in [-0.05, 0) is 48.2 Å². The smallest absolute Gasteiger partial charge is 0.338 e. The Balaban J connectivity index is 2.30. The highest BCUT2D eigenvalue weighted by Gasteiger charge is 2.16. The summed E-state index contributed by atoms with van der Waals surface area (Å²) in [7, 11) is -0.0966. The molecule has 3 nitrogen and oxygen atoms in total. The average Bonchev–Trinajstić information content (AvgIpc) is 2.60. The maximum absolute atomic E-state index is 14.2. The fraction of sp³-hybridized carbons (Fsp3) is 0.278. The minimum Gasteiger partial charge on any atom is -0.465 e. The van der Waals surface area contributed by atoms with Crippen LogP contribution in [-0.4, -0.2) is 23.0 Å². The Morgan fingerprint density at radius 3 is 2.48 bits per heavy atom. The van der Waals surface area contributed by atoms with Crippen molar-refractivity contribution in [2.75, 3.05) is 12.9 Å². The van der Waals surface area contributed by atoms with Crippen LogP contribution in [0.1, 0.15) is 28.4 Å². The van der Waals surface area contributed by atoms with E-state index in [0.29, 0.717) is 28.2 Å². The average molecular weight is 387 g/mol. The van der Waals surface area contributed by atoms with E-state index in [4.69, 9.17) is 11.6 Å². The molecule has 0 fully saturated rings. The molecule has 0 bridgehead atoms. The molecule has 0 amide bonds. The summed E-state index contributed by atoms with van der Waals surface area (Å²) < 4.78 is 44.2. The SMILES string of the molecule is CCS(=O)c1cc(CCc2ccc(F)cc2C(=O)OC)c(F)cc1Cl. The first-order valence-corrected chi connectivity index (χ1v) is 9.30. The molecule has 0 N–H and O–H groups in total. The van der Waals surface area contributed by atoms with Crippen LogP contribution in [0.4, 0.5) is 8.78 Å². The number of hydrogen-bond donors (Lipinski definition) is 0. The van der Waals surface area contributed by atoms with Crippen molar-refractivity contribution >= 4 is 28.4 Å². The second-order valence-electron chi connectivity index (χ2n) is 5.30.